The van der Waals surface area contributed by atoms with E-state index in [-0.39, 0.29) is 11.9 Å². The van der Waals surface area contributed by atoms with Crippen molar-refractivity contribution >= 4 is 22.8 Å². The van der Waals surface area contributed by atoms with Gasteiger partial charge in [0.05, 0.1) is 6.04 Å². The molecule has 8 nitrogen and oxygen atoms in total. The fourth-order valence-corrected chi connectivity index (χ4v) is 6.10. The minimum atomic E-state index is -0.0374. The average molecular weight is 524 g/mol. The quantitative estimate of drug-likeness (QED) is 0.339. The Bertz CT molecular complexity index is 1440. The number of aromatic nitrogens is 4. The fraction of sp³-hybridized carbons (Fsp3) is 0.419. The first-order valence-corrected chi connectivity index (χ1v) is 14.2. The summed E-state index contributed by atoms with van der Waals surface area (Å²) in [4.78, 5) is 28.6. The van der Waals surface area contributed by atoms with E-state index in [0.29, 0.717) is 18.4 Å². The van der Waals surface area contributed by atoms with Crippen molar-refractivity contribution in [1.82, 2.24) is 29.7 Å². The number of carbonyl (C=O) groups is 1. The van der Waals surface area contributed by atoms with Gasteiger partial charge in [-0.25, -0.2) is 15.0 Å². The van der Waals surface area contributed by atoms with Gasteiger partial charge in [0.1, 0.15) is 11.5 Å². The van der Waals surface area contributed by atoms with E-state index in [1.165, 1.54) is 43.2 Å². The Morgan fingerprint density at radius 2 is 1.92 bits per heavy atom. The molecule has 0 radical (unpaired) electrons. The fourth-order valence-electron chi connectivity index (χ4n) is 6.10. The van der Waals surface area contributed by atoms with Gasteiger partial charge < -0.3 is 15.2 Å². The normalized spacial score (nSPS) is 17.1. The standard InChI is InChI=1S/C31H37N7O/c1-22(39)35-27(21-37-15-12-23-7-5-6-8-26(23)20-37)19-33-29-17-24(11-14-32-29)30-34-18-25-13-16-38(31(25)36-30)28-9-3-2-4-10-28/h5-8,11,13-14,16-18,27-28H,2-4,9-10,12,15,19-21H2,1H3,(H,32,33)(H,35,39). The highest BCUT2D eigenvalue weighted by Gasteiger charge is 2.21. The van der Waals surface area contributed by atoms with Crippen LogP contribution in [0.1, 0.15) is 56.2 Å². The molecular weight excluding hydrogens is 486 g/mol. The smallest absolute Gasteiger partial charge is 0.217 e. The maximum atomic E-state index is 12.0. The molecule has 1 aliphatic heterocycles. The summed E-state index contributed by atoms with van der Waals surface area (Å²) in [5.74, 6) is 1.43. The van der Waals surface area contributed by atoms with Crippen molar-refractivity contribution in [3.63, 3.8) is 0 Å². The molecule has 2 N–H and O–H groups in total. The molecule has 0 spiro atoms. The van der Waals surface area contributed by atoms with Crippen molar-refractivity contribution in [2.24, 2.45) is 0 Å². The van der Waals surface area contributed by atoms with E-state index < -0.39 is 0 Å². The van der Waals surface area contributed by atoms with Gasteiger partial charge in [-0.15, -0.1) is 0 Å². The summed E-state index contributed by atoms with van der Waals surface area (Å²) in [6, 6.07) is 15.2. The molecule has 1 unspecified atom stereocenters. The summed E-state index contributed by atoms with van der Waals surface area (Å²) >= 11 is 0. The first-order valence-electron chi connectivity index (χ1n) is 14.2. The summed E-state index contributed by atoms with van der Waals surface area (Å²) in [6.07, 6.45) is 13.2. The minimum Gasteiger partial charge on any atom is -0.368 e. The summed E-state index contributed by atoms with van der Waals surface area (Å²) in [5, 5.41) is 7.65. The van der Waals surface area contributed by atoms with Crippen LogP contribution in [-0.2, 0) is 17.8 Å². The van der Waals surface area contributed by atoms with E-state index in [2.05, 4.69) is 66.6 Å². The largest absolute Gasteiger partial charge is 0.368 e. The number of nitrogens with zero attached hydrogens (tertiary/aromatic N) is 5. The number of pyridine rings is 1. The molecule has 0 bridgehead atoms. The van der Waals surface area contributed by atoms with Crippen LogP contribution >= 0.6 is 0 Å². The Balaban J connectivity index is 1.15. The number of nitrogens with one attached hydrogen (secondary N) is 2. The second-order valence-corrected chi connectivity index (χ2v) is 10.9. The van der Waals surface area contributed by atoms with Gasteiger partial charge in [-0.2, -0.15) is 0 Å². The maximum Gasteiger partial charge on any atom is 0.217 e. The molecule has 202 valence electrons. The molecule has 3 aromatic heterocycles. The SMILES string of the molecule is CC(=O)NC(CNc1cc(-c2ncc3ccn(C4CCCCC4)c3n2)ccn1)CN1CCc2ccccc2C1. The first-order chi connectivity index (χ1) is 19.1. The van der Waals surface area contributed by atoms with Crippen LogP contribution in [0.4, 0.5) is 5.82 Å². The molecule has 0 saturated heterocycles. The van der Waals surface area contributed by atoms with Crippen molar-refractivity contribution in [2.45, 2.75) is 64.1 Å². The Hall–Kier alpha value is -3.78. The highest BCUT2D eigenvalue weighted by Crippen LogP contribution is 2.31. The lowest BCUT2D eigenvalue weighted by Gasteiger charge is -2.32. The van der Waals surface area contributed by atoms with E-state index in [4.69, 9.17) is 4.98 Å². The zero-order valence-electron chi connectivity index (χ0n) is 22.6. The molecule has 8 heteroatoms. The van der Waals surface area contributed by atoms with Crippen LogP contribution in [0.25, 0.3) is 22.4 Å². The van der Waals surface area contributed by atoms with E-state index in [1.54, 1.807) is 13.1 Å². The van der Waals surface area contributed by atoms with E-state index in [0.717, 1.165) is 48.5 Å². The lowest BCUT2D eigenvalue weighted by atomic mass is 9.95. The first kappa shape index (κ1) is 25.5. The predicted molar refractivity (Wildman–Crippen MR) is 154 cm³/mol. The van der Waals surface area contributed by atoms with Crippen LogP contribution in [0.3, 0.4) is 0 Å². The minimum absolute atomic E-state index is 0.0245. The summed E-state index contributed by atoms with van der Waals surface area (Å²) in [7, 11) is 0. The molecule has 1 saturated carbocycles. The van der Waals surface area contributed by atoms with Gasteiger partial charge in [0.2, 0.25) is 5.91 Å². The second-order valence-electron chi connectivity index (χ2n) is 10.9. The number of hydrogen-bond donors (Lipinski definition) is 2. The van der Waals surface area contributed by atoms with Crippen molar-refractivity contribution in [2.75, 3.05) is 25.0 Å². The lowest BCUT2D eigenvalue weighted by Crippen LogP contribution is -2.48. The highest BCUT2D eigenvalue weighted by atomic mass is 16.1. The van der Waals surface area contributed by atoms with Crippen molar-refractivity contribution in [3.8, 4) is 11.4 Å². The third-order valence-corrected chi connectivity index (χ3v) is 8.07. The molecule has 1 aliphatic carbocycles. The molecule has 1 fully saturated rings. The van der Waals surface area contributed by atoms with Crippen LogP contribution < -0.4 is 10.6 Å². The van der Waals surface area contributed by atoms with Gasteiger partial charge in [-0.1, -0.05) is 43.5 Å². The third-order valence-electron chi connectivity index (χ3n) is 8.07. The van der Waals surface area contributed by atoms with Gasteiger partial charge in [-0.3, -0.25) is 9.69 Å². The van der Waals surface area contributed by atoms with Crippen LogP contribution in [0.5, 0.6) is 0 Å². The van der Waals surface area contributed by atoms with Crippen LogP contribution in [0.15, 0.2) is 61.1 Å². The number of carbonyl (C=O) groups excluding carboxylic acids is 1. The van der Waals surface area contributed by atoms with Gasteiger partial charge in [-0.05, 0) is 48.6 Å². The molecule has 1 atom stereocenters. The van der Waals surface area contributed by atoms with Crippen molar-refractivity contribution < 1.29 is 4.79 Å². The molecule has 6 rings (SSSR count). The Morgan fingerprint density at radius 3 is 2.77 bits per heavy atom. The van der Waals surface area contributed by atoms with Gasteiger partial charge in [0.15, 0.2) is 5.82 Å². The number of benzene rings is 1. The maximum absolute atomic E-state index is 12.0. The van der Waals surface area contributed by atoms with Gasteiger partial charge >= 0.3 is 0 Å². The zero-order valence-corrected chi connectivity index (χ0v) is 22.6. The topological polar surface area (TPSA) is 88.0 Å². The zero-order chi connectivity index (χ0) is 26.6. The third kappa shape index (κ3) is 5.96. The predicted octanol–water partition coefficient (Wildman–Crippen LogP) is 4.97. The molecule has 1 amide bonds. The van der Waals surface area contributed by atoms with E-state index in [9.17, 15) is 4.79 Å². The van der Waals surface area contributed by atoms with Crippen molar-refractivity contribution in [3.05, 3.63) is 72.2 Å². The van der Waals surface area contributed by atoms with E-state index in [1.807, 2.05) is 18.3 Å². The number of rotatable bonds is 8. The summed E-state index contributed by atoms with van der Waals surface area (Å²) < 4.78 is 2.34. The molecule has 4 heterocycles. The molecule has 4 aromatic rings. The molecule has 39 heavy (non-hydrogen) atoms. The summed E-state index contributed by atoms with van der Waals surface area (Å²) in [6.45, 7) is 4.83. The molecule has 2 aliphatic rings. The number of anilines is 1. The van der Waals surface area contributed by atoms with Gasteiger partial charge in [0, 0.05) is 68.7 Å². The Labute approximate surface area is 229 Å². The Kier molecular flexibility index (Phi) is 7.54. The van der Waals surface area contributed by atoms with Crippen molar-refractivity contribution in [1.29, 1.82) is 0 Å². The monoisotopic (exact) mass is 523 g/mol. The molecular formula is C31H37N7O. The highest BCUT2D eigenvalue weighted by molar-refractivity contribution is 5.78. The molecule has 1 aromatic carbocycles. The van der Waals surface area contributed by atoms with Crippen LogP contribution in [0.2, 0.25) is 0 Å². The second kappa shape index (κ2) is 11.5. The van der Waals surface area contributed by atoms with Crippen LogP contribution in [-0.4, -0.2) is 56.0 Å². The number of hydrogen-bond acceptors (Lipinski definition) is 6. The number of fused-ring (bicyclic) bond motifs is 2. The van der Waals surface area contributed by atoms with E-state index >= 15 is 0 Å². The average Bonchev–Trinajstić information content (AvgIpc) is 3.40. The van der Waals surface area contributed by atoms with Crippen LogP contribution in [0, 0.1) is 0 Å². The Morgan fingerprint density at radius 1 is 1.08 bits per heavy atom. The number of amides is 1. The van der Waals surface area contributed by atoms with Gasteiger partial charge in [0.25, 0.3) is 0 Å². The summed E-state index contributed by atoms with van der Waals surface area (Å²) in [5.41, 5.74) is 4.73. The lowest BCUT2D eigenvalue weighted by molar-refractivity contribution is -0.119.